The molecule has 1 saturated heterocycles. The largest absolute Gasteiger partial charge is 0.378 e. The number of hydrogen-bond acceptors (Lipinski definition) is 9. The van der Waals surface area contributed by atoms with Crippen LogP contribution < -0.4 is 15.5 Å². The highest BCUT2D eigenvalue weighted by Gasteiger charge is 2.33. The Morgan fingerprint density at radius 1 is 1.05 bits per heavy atom. The van der Waals surface area contributed by atoms with Gasteiger partial charge < -0.3 is 20.3 Å². The van der Waals surface area contributed by atoms with Gasteiger partial charge in [-0.25, -0.2) is 19.5 Å². The third-order valence-corrected chi connectivity index (χ3v) is 8.05. The summed E-state index contributed by atoms with van der Waals surface area (Å²) >= 11 is 0. The number of aromatic nitrogens is 5. The van der Waals surface area contributed by atoms with Crippen LogP contribution in [-0.2, 0) is 9.53 Å². The fraction of sp³-hybridized carbons (Fsp3) is 0.464. The van der Waals surface area contributed by atoms with Gasteiger partial charge >= 0.3 is 0 Å². The van der Waals surface area contributed by atoms with E-state index in [0.29, 0.717) is 17.5 Å². The molecule has 3 fully saturated rings. The predicted octanol–water partition coefficient (Wildman–Crippen LogP) is 3.03. The number of amides is 1. The van der Waals surface area contributed by atoms with Gasteiger partial charge in [0.25, 0.3) is 0 Å². The van der Waals surface area contributed by atoms with Crippen LogP contribution in [0, 0.1) is 5.92 Å². The molecule has 2 saturated carbocycles. The first-order valence-electron chi connectivity index (χ1n) is 13.8. The van der Waals surface area contributed by atoms with Crippen molar-refractivity contribution in [3.8, 4) is 11.4 Å². The topological polar surface area (TPSA) is 113 Å². The Labute approximate surface area is 226 Å². The number of anilines is 3. The van der Waals surface area contributed by atoms with Gasteiger partial charge in [-0.15, -0.1) is 5.10 Å². The standard InChI is InChI=1S/C28H33N9O2/c1-29-26-22-12-30-24(32-28(38)17-3-4-17)11-21(22)23(13-31-26)27-33-25-8-7-19(14-37(25)34-27)36-10-9-35(18-5-6-18)15-20(16-36)39-2/h7-8,11-14,17-18,20H,3-6,9-10,15-16H2,1-2H3,(H,29,31)(H,30,32,38). The lowest BCUT2D eigenvalue weighted by atomic mass is 10.1. The fourth-order valence-electron chi connectivity index (χ4n) is 5.48. The summed E-state index contributed by atoms with van der Waals surface area (Å²) in [5, 5.41) is 12.7. The minimum Gasteiger partial charge on any atom is -0.378 e. The molecule has 202 valence electrons. The van der Waals surface area contributed by atoms with E-state index in [1.807, 2.05) is 37.0 Å². The quantitative estimate of drug-likeness (QED) is 0.374. The van der Waals surface area contributed by atoms with Crippen molar-refractivity contribution in [1.82, 2.24) is 29.5 Å². The normalized spacial score (nSPS) is 20.4. The van der Waals surface area contributed by atoms with E-state index in [4.69, 9.17) is 14.8 Å². The predicted molar refractivity (Wildman–Crippen MR) is 150 cm³/mol. The third-order valence-electron chi connectivity index (χ3n) is 8.05. The zero-order valence-electron chi connectivity index (χ0n) is 22.3. The molecular formula is C28H33N9O2. The highest BCUT2D eigenvalue weighted by Crippen LogP contribution is 2.34. The number of rotatable bonds is 7. The number of fused-ring (bicyclic) bond motifs is 2. The summed E-state index contributed by atoms with van der Waals surface area (Å²) in [5.74, 6) is 1.93. The number of carbonyl (C=O) groups excluding carboxylic acids is 1. The molecule has 0 bridgehead atoms. The van der Waals surface area contributed by atoms with Crippen LogP contribution in [0.4, 0.5) is 17.3 Å². The number of carbonyl (C=O) groups is 1. The summed E-state index contributed by atoms with van der Waals surface area (Å²) in [6.45, 7) is 3.81. The molecule has 11 nitrogen and oxygen atoms in total. The number of pyridine rings is 3. The van der Waals surface area contributed by atoms with E-state index < -0.39 is 0 Å². The molecule has 1 aliphatic heterocycles. The van der Waals surface area contributed by atoms with Crippen molar-refractivity contribution >= 4 is 39.6 Å². The molecule has 4 aromatic rings. The Hall–Kier alpha value is -3.83. The summed E-state index contributed by atoms with van der Waals surface area (Å²) in [6.07, 6.45) is 10.2. The molecule has 39 heavy (non-hydrogen) atoms. The molecule has 1 atom stereocenters. The summed E-state index contributed by atoms with van der Waals surface area (Å²) in [4.78, 5) is 31.2. The van der Waals surface area contributed by atoms with Crippen molar-refractivity contribution in [3.63, 3.8) is 0 Å². The first-order chi connectivity index (χ1) is 19.1. The van der Waals surface area contributed by atoms with E-state index in [0.717, 1.165) is 72.7 Å². The smallest absolute Gasteiger partial charge is 0.228 e. The second-order valence-electron chi connectivity index (χ2n) is 10.8. The zero-order valence-corrected chi connectivity index (χ0v) is 22.3. The molecule has 0 aromatic carbocycles. The van der Waals surface area contributed by atoms with Gasteiger partial charge in [0.05, 0.1) is 18.0 Å². The summed E-state index contributed by atoms with van der Waals surface area (Å²) in [7, 11) is 3.64. The van der Waals surface area contributed by atoms with E-state index in [1.54, 1.807) is 12.4 Å². The average molecular weight is 528 g/mol. The third kappa shape index (κ3) is 4.76. The summed E-state index contributed by atoms with van der Waals surface area (Å²) in [5.41, 5.74) is 2.64. The van der Waals surface area contributed by atoms with Gasteiger partial charge in [-0.05, 0) is 43.9 Å². The maximum Gasteiger partial charge on any atom is 0.228 e. The van der Waals surface area contributed by atoms with Crippen LogP contribution in [0.5, 0.6) is 0 Å². The maximum atomic E-state index is 12.4. The first-order valence-corrected chi connectivity index (χ1v) is 13.8. The van der Waals surface area contributed by atoms with Crippen LogP contribution in [-0.4, -0.2) is 87.9 Å². The van der Waals surface area contributed by atoms with Crippen molar-refractivity contribution in [2.45, 2.75) is 37.8 Å². The Morgan fingerprint density at radius 3 is 2.69 bits per heavy atom. The monoisotopic (exact) mass is 527 g/mol. The van der Waals surface area contributed by atoms with Crippen molar-refractivity contribution in [1.29, 1.82) is 0 Å². The van der Waals surface area contributed by atoms with Crippen molar-refractivity contribution in [2.75, 3.05) is 55.9 Å². The number of ether oxygens (including phenoxy) is 1. The Bertz CT molecular complexity index is 1550. The van der Waals surface area contributed by atoms with Gasteiger partial charge in [-0.2, -0.15) is 0 Å². The van der Waals surface area contributed by atoms with Gasteiger partial charge in [-0.3, -0.25) is 9.69 Å². The number of hydrogen-bond donors (Lipinski definition) is 2. The second-order valence-corrected chi connectivity index (χ2v) is 10.8. The molecule has 1 unspecified atom stereocenters. The van der Waals surface area contributed by atoms with Crippen LogP contribution in [0.2, 0.25) is 0 Å². The lowest BCUT2D eigenvalue weighted by Gasteiger charge is -2.25. The first kappa shape index (κ1) is 24.2. The van der Waals surface area contributed by atoms with Gasteiger partial charge in [0.1, 0.15) is 11.6 Å². The van der Waals surface area contributed by atoms with Crippen LogP contribution in [0.15, 0.2) is 36.8 Å². The van der Waals surface area contributed by atoms with Crippen LogP contribution in [0.25, 0.3) is 27.8 Å². The van der Waals surface area contributed by atoms with Gasteiger partial charge in [0.2, 0.25) is 5.91 Å². The Morgan fingerprint density at radius 2 is 1.92 bits per heavy atom. The number of methoxy groups -OCH3 is 1. The minimum absolute atomic E-state index is 0.0224. The molecule has 0 spiro atoms. The Balaban J connectivity index is 1.22. The fourth-order valence-corrected chi connectivity index (χ4v) is 5.48. The minimum atomic E-state index is 0.0224. The van der Waals surface area contributed by atoms with Crippen molar-refractivity contribution < 1.29 is 9.53 Å². The van der Waals surface area contributed by atoms with Gasteiger partial charge in [0, 0.05) is 81.0 Å². The van der Waals surface area contributed by atoms with Crippen LogP contribution in [0.3, 0.4) is 0 Å². The molecular weight excluding hydrogens is 494 g/mol. The summed E-state index contributed by atoms with van der Waals surface area (Å²) < 4.78 is 7.67. The molecule has 4 aromatic heterocycles. The SMILES string of the molecule is CNc1ncc(-c2nc3ccc(N4CCN(C5CC5)CC(OC)C4)cn3n2)c2cc(NC(=O)C3CC3)ncc12. The van der Waals surface area contributed by atoms with E-state index >= 15 is 0 Å². The number of nitrogens with one attached hydrogen (secondary N) is 2. The number of nitrogens with zero attached hydrogens (tertiary/aromatic N) is 7. The van der Waals surface area contributed by atoms with Crippen LogP contribution in [0.1, 0.15) is 25.7 Å². The van der Waals surface area contributed by atoms with E-state index in [2.05, 4.69) is 36.5 Å². The van der Waals surface area contributed by atoms with Gasteiger partial charge in [0.15, 0.2) is 11.5 Å². The summed E-state index contributed by atoms with van der Waals surface area (Å²) in [6, 6.07) is 6.73. The second kappa shape index (κ2) is 9.73. The molecule has 5 heterocycles. The lowest BCUT2D eigenvalue weighted by molar-refractivity contribution is -0.117. The van der Waals surface area contributed by atoms with E-state index in [-0.39, 0.29) is 17.9 Å². The lowest BCUT2D eigenvalue weighted by Crippen LogP contribution is -2.36. The average Bonchev–Trinajstić information content (AvgIpc) is 3.87. The molecule has 0 radical (unpaired) electrons. The molecule has 2 N–H and O–H groups in total. The highest BCUT2D eigenvalue weighted by atomic mass is 16.5. The highest BCUT2D eigenvalue weighted by molar-refractivity contribution is 6.03. The molecule has 11 heteroatoms. The Kier molecular flexibility index (Phi) is 6.04. The molecule has 2 aliphatic carbocycles. The molecule has 3 aliphatic rings. The molecule has 1 amide bonds. The van der Waals surface area contributed by atoms with Gasteiger partial charge in [-0.1, -0.05) is 0 Å². The van der Waals surface area contributed by atoms with Crippen molar-refractivity contribution in [3.05, 3.63) is 36.8 Å². The van der Waals surface area contributed by atoms with Crippen LogP contribution >= 0.6 is 0 Å². The molecule has 7 rings (SSSR count). The zero-order chi connectivity index (χ0) is 26.5. The van der Waals surface area contributed by atoms with E-state index in [9.17, 15) is 4.79 Å². The maximum absolute atomic E-state index is 12.4. The van der Waals surface area contributed by atoms with E-state index in [1.165, 1.54) is 12.8 Å². The van der Waals surface area contributed by atoms with Crippen molar-refractivity contribution in [2.24, 2.45) is 5.92 Å².